The van der Waals surface area contributed by atoms with Gasteiger partial charge in [0.1, 0.15) is 0 Å². The molecule has 1 saturated heterocycles. The van der Waals surface area contributed by atoms with E-state index < -0.39 is 0 Å². The molecule has 1 spiro atoms. The highest BCUT2D eigenvalue weighted by molar-refractivity contribution is 9.10. The van der Waals surface area contributed by atoms with E-state index in [0.29, 0.717) is 12.0 Å². The number of nitrogens with one attached hydrogen (secondary N) is 1. The normalized spacial score (nSPS) is 26.2. The lowest BCUT2D eigenvalue weighted by Gasteiger charge is -2.49. The van der Waals surface area contributed by atoms with Gasteiger partial charge in [0.15, 0.2) is 0 Å². The summed E-state index contributed by atoms with van der Waals surface area (Å²) in [6, 6.07) is 9.21. The summed E-state index contributed by atoms with van der Waals surface area (Å²) in [7, 11) is 0. The van der Waals surface area contributed by atoms with Crippen LogP contribution in [0.4, 0.5) is 0 Å². The summed E-state index contributed by atoms with van der Waals surface area (Å²) in [6.07, 6.45) is 6.26. The Balaban J connectivity index is 1.79. The van der Waals surface area contributed by atoms with Crippen LogP contribution in [0.15, 0.2) is 28.7 Å². The van der Waals surface area contributed by atoms with Crippen molar-refractivity contribution >= 4 is 15.9 Å². The highest BCUT2D eigenvalue weighted by atomic mass is 79.9. The second-order valence-electron chi connectivity index (χ2n) is 6.23. The van der Waals surface area contributed by atoms with Crippen LogP contribution in [0.2, 0.25) is 0 Å². The average molecular weight is 338 g/mol. The Morgan fingerprint density at radius 3 is 2.95 bits per heavy atom. The standard InChI is InChI=1S/C17H24BrNO/c1-2-19-16(13-5-3-6-15(18)11-13)14-7-10-20-17(12-14)8-4-9-17/h3,5-6,11,14,16,19H,2,4,7-10,12H2,1H3. The third kappa shape index (κ3) is 2.95. The molecule has 2 unspecified atom stereocenters. The molecule has 1 aromatic carbocycles. The van der Waals surface area contributed by atoms with Crippen LogP contribution in [0, 0.1) is 5.92 Å². The molecule has 110 valence electrons. The number of halogens is 1. The zero-order valence-electron chi connectivity index (χ0n) is 12.2. The molecule has 3 rings (SSSR count). The van der Waals surface area contributed by atoms with Crippen molar-refractivity contribution in [1.29, 1.82) is 0 Å². The van der Waals surface area contributed by atoms with Crippen molar-refractivity contribution in [3.63, 3.8) is 0 Å². The largest absolute Gasteiger partial charge is 0.375 e. The molecule has 2 aliphatic rings. The van der Waals surface area contributed by atoms with Gasteiger partial charge in [0.05, 0.1) is 5.60 Å². The first kappa shape index (κ1) is 14.6. The molecule has 2 nitrogen and oxygen atoms in total. The van der Waals surface area contributed by atoms with E-state index in [1.54, 1.807) is 0 Å². The lowest BCUT2D eigenvalue weighted by molar-refractivity contribution is -0.147. The molecule has 2 atom stereocenters. The molecule has 2 fully saturated rings. The van der Waals surface area contributed by atoms with E-state index in [4.69, 9.17) is 4.74 Å². The fourth-order valence-corrected chi connectivity index (χ4v) is 4.16. The number of hydrogen-bond acceptors (Lipinski definition) is 2. The highest BCUT2D eigenvalue weighted by Crippen LogP contribution is 2.47. The molecule has 1 heterocycles. The fourth-order valence-electron chi connectivity index (χ4n) is 3.75. The molecule has 0 aromatic heterocycles. The molecule has 20 heavy (non-hydrogen) atoms. The smallest absolute Gasteiger partial charge is 0.0686 e. The van der Waals surface area contributed by atoms with Gasteiger partial charge in [0.25, 0.3) is 0 Å². The SMILES string of the molecule is CCNC(c1cccc(Br)c1)C1CCOC2(CCC2)C1. The van der Waals surface area contributed by atoms with Crippen LogP contribution in [0.1, 0.15) is 50.6 Å². The van der Waals surface area contributed by atoms with E-state index in [2.05, 4.69) is 52.4 Å². The van der Waals surface area contributed by atoms with Crippen molar-refractivity contribution < 1.29 is 4.74 Å². The Kier molecular flexibility index (Phi) is 4.49. The summed E-state index contributed by atoms with van der Waals surface area (Å²) in [5, 5.41) is 3.71. The summed E-state index contributed by atoms with van der Waals surface area (Å²) in [6.45, 7) is 4.14. The van der Waals surface area contributed by atoms with Crippen LogP contribution in [0.25, 0.3) is 0 Å². The van der Waals surface area contributed by atoms with E-state index in [9.17, 15) is 0 Å². The molecule has 1 aliphatic carbocycles. The molecule has 3 heteroatoms. The van der Waals surface area contributed by atoms with Crippen LogP contribution < -0.4 is 5.32 Å². The maximum absolute atomic E-state index is 6.08. The van der Waals surface area contributed by atoms with E-state index in [-0.39, 0.29) is 5.60 Å². The first-order chi connectivity index (χ1) is 9.72. The van der Waals surface area contributed by atoms with Crippen LogP contribution >= 0.6 is 15.9 Å². The van der Waals surface area contributed by atoms with Gasteiger partial charge < -0.3 is 10.1 Å². The second kappa shape index (κ2) is 6.17. The maximum atomic E-state index is 6.08. The van der Waals surface area contributed by atoms with Gasteiger partial charge in [-0.1, -0.05) is 35.0 Å². The maximum Gasteiger partial charge on any atom is 0.0686 e. The van der Waals surface area contributed by atoms with Crippen LogP contribution in [0.5, 0.6) is 0 Å². The van der Waals surface area contributed by atoms with Gasteiger partial charge in [-0.25, -0.2) is 0 Å². The van der Waals surface area contributed by atoms with Crippen LogP contribution in [0.3, 0.4) is 0 Å². The Bertz CT molecular complexity index is 458. The number of benzene rings is 1. The molecule has 0 bridgehead atoms. The lowest BCUT2D eigenvalue weighted by atomic mass is 9.69. The van der Waals surface area contributed by atoms with Gasteiger partial charge in [-0.3, -0.25) is 0 Å². The minimum absolute atomic E-state index is 0.225. The Hall–Kier alpha value is -0.380. The van der Waals surface area contributed by atoms with E-state index in [0.717, 1.165) is 13.2 Å². The third-order valence-electron chi connectivity index (χ3n) is 4.90. The van der Waals surface area contributed by atoms with Gasteiger partial charge in [0.2, 0.25) is 0 Å². The number of hydrogen-bond donors (Lipinski definition) is 1. The van der Waals surface area contributed by atoms with Gasteiger partial charge >= 0.3 is 0 Å². The van der Waals surface area contributed by atoms with Crippen molar-refractivity contribution in [2.24, 2.45) is 5.92 Å². The zero-order valence-corrected chi connectivity index (χ0v) is 13.8. The minimum Gasteiger partial charge on any atom is -0.375 e. The van der Waals surface area contributed by atoms with Crippen molar-refractivity contribution in [3.05, 3.63) is 34.3 Å². The van der Waals surface area contributed by atoms with Gasteiger partial charge in [-0.2, -0.15) is 0 Å². The molecule has 1 aromatic rings. The Labute approximate surface area is 130 Å². The van der Waals surface area contributed by atoms with Crippen molar-refractivity contribution in [2.45, 2.75) is 50.7 Å². The number of ether oxygens (including phenoxy) is 1. The van der Waals surface area contributed by atoms with Crippen molar-refractivity contribution in [2.75, 3.05) is 13.2 Å². The first-order valence-corrected chi connectivity index (χ1v) is 8.64. The quantitative estimate of drug-likeness (QED) is 0.876. The minimum atomic E-state index is 0.225. The molecular weight excluding hydrogens is 314 g/mol. The summed E-state index contributed by atoms with van der Waals surface area (Å²) >= 11 is 3.60. The fraction of sp³-hybridized carbons (Fsp3) is 0.647. The van der Waals surface area contributed by atoms with E-state index in [1.165, 1.54) is 42.1 Å². The predicted octanol–water partition coefficient (Wildman–Crippen LogP) is 4.45. The molecule has 1 aliphatic heterocycles. The monoisotopic (exact) mass is 337 g/mol. The molecule has 0 radical (unpaired) electrons. The van der Waals surface area contributed by atoms with Gasteiger partial charge in [0, 0.05) is 17.1 Å². The van der Waals surface area contributed by atoms with E-state index in [1.807, 2.05) is 0 Å². The molecule has 0 amide bonds. The van der Waals surface area contributed by atoms with Gasteiger partial charge in [-0.05, 0) is 62.3 Å². The zero-order chi connectivity index (χ0) is 14.0. The lowest BCUT2D eigenvalue weighted by Crippen LogP contribution is -2.48. The third-order valence-corrected chi connectivity index (χ3v) is 5.39. The predicted molar refractivity (Wildman–Crippen MR) is 85.8 cm³/mol. The van der Waals surface area contributed by atoms with Crippen LogP contribution in [-0.4, -0.2) is 18.8 Å². The van der Waals surface area contributed by atoms with Crippen molar-refractivity contribution in [3.8, 4) is 0 Å². The van der Waals surface area contributed by atoms with Crippen LogP contribution in [-0.2, 0) is 4.74 Å². The van der Waals surface area contributed by atoms with E-state index >= 15 is 0 Å². The summed E-state index contributed by atoms with van der Waals surface area (Å²) in [4.78, 5) is 0. The first-order valence-electron chi connectivity index (χ1n) is 7.85. The molecule has 1 saturated carbocycles. The highest BCUT2D eigenvalue weighted by Gasteiger charge is 2.44. The topological polar surface area (TPSA) is 21.3 Å². The van der Waals surface area contributed by atoms with Gasteiger partial charge in [-0.15, -0.1) is 0 Å². The Morgan fingerprint density at radius 2 is 2.30 bits per heavy atom. The molecular formula is C17H24BrNO. The second-order valence-corrected chi connectivity index (χ2v) is 7.14. The summed E-state index contributed by atoms with van der Waals surface area (Å²) in [5.74, 6) is 0.693. The summed E-state index contributed by atoms with van der Waals surface area (Å²) in [5.41, 5.74) is 1.63. The number of rotatable bonds is 4. The Morgan fingerprint density at radius 1 is 1.45 bits per heavy atom. The summed E-state index contributed by atoms with van der Waals surface area (Å²) < 4.78 is 7.25. The van der Waals surface area contributed by atoms with Crippen molar-refractivity contribution in [1.82, 2.24) is 5.32 Å². The average Bonchev–Trinajstić information content (AvgIpc) is 2.43. The molecule has 1 N–H and O–H groups in total.